The zero-order valence-electron chi connectivity index (χ0n) is 15.0. The van der Waals surface area contributed by atoms with Crippen molar-refractivity contribution in [1.82, 2.24) is 15.6 Å². The van der Waals surface area contributed by atoms with Crippen molar-refractivity contribution in [3.8, 4) is 5.75 Å². The molecule has 2 fully saturated rings. The normalized spacial score (nSPS) is 21.2. The molecule has 3 N–H and O–H groups in total. The molecule has 1 aromatic heterocycles. The van der Waals surface area contributed by atoms with Gasteiger partial charge in [0.25, 0.3) is 0 Å². The van der Waals surface area contributed by atoms with Crippen LogP contribution in [0.3, 0.4) is 0 Å². The van der Waals surface area contributed by atoms with Crippen molar-refractivity contribution in [2.24, 2.45) is 5.92 Å². The molecule has 0 aliphatic carbocycles. The van der Waals surface area contributed by atoms with E-state index < -0.39 is 0 Å². The Morgan fingerprint density at radius 1 is 1.52 bits per heavy atom. The predicted octanol–water partition coefficient (Wildman–Crippen LogP) is 2.07. The summed E-state index contributed by atoms with van der Waals surface area (Å²) >= 11 is 1.52. The molecule has 7 nitrogen and oxygen atoms in total. The SMILES string of the molecule is C[C@@H](Oc1cc(C(=N)/C=C\NC2COC2)cc2ncsc12)[C@H]1CNC(=O)C1. The quantitative estimate of drug-likeness (QED) is 0.633. The lowest BCUT2D eigenvalue weighted by atomic mass is 10.0. The molecule has 0 saturated carbocycles. The molecule has 2 aliphatic rings. The first-order chi connectivity index (χ1) is 13.1. The van der Waals surface area contributed by atoms with Crippen LogP contribution < -0.4 is 15.4 Å². The highest BCUT2D eigenvalue weighted by atomic mass is 32.1. The summed E-state index contributed by atoms with van der Waals surface area (Å²) in [5.41, 5.74) is 3.73. The van der Waals surface area contributed by atoms with Crippen molar-refractivity contribution < 1.29 is 14.3 Å². The molecule has 0 radical (unpaired) electrons. The fraction of sp³-hybridized carbons (Fsp3) is 0.421. The van der Waals surface area contributed by atoms with Gasteiger partial charge in [-0.15, -0.1) is 11.3 Å². The maximum absolute atomic E-state index is 11.5. The summed E-state index contributed by atoms with van der Waals surface area (Å²) in [4.78, 5) is 15.9. The second-order valence-corrected chi connectivity index (χ2v) is 7.77. The van der Waals surface area contributed by atoms with Crippen molar-refractivity contribution in [2.45, 2.75) is 25.5 Å². The van der Waals surface area contributed by atoms with E-state index in [1.807, 2.05) is 19.1 Å². The van der Waals surface area contributed by atoms with Gasteiger partial charge in [-0.1, -0.05) is 0 Å². The lowest BCUT2D eigenvalue weighted by Gasteiger charge is -2.25. The van der Waals surface area contributed by atoms with Crippen LogP contribution in [0.1, 0.15) is 18.9 Å². The number of allylic oxidation sites excluding steroid dienone is 1. The summed E-state index contributed by atoms with van der Waals surface area (Å²) in [5.74, 6) is 0.941. The molecule has 3 heterocycles. The Morgan fingerprint density at radius 2 is 2.37 bits per heavy atom. The number of fused-ring (bicyclic) bond motifs is 1. The first-order valence-electron chi connectivity index (χ1n) is 9.00. The monoisotopic (exact) mass is 386 g/mol. The molecule has 142 valence electrons. The summed E-state index contributed by atoms with van der Waals surface area (Å²) in [6.07, 6.45) is 3.91. The van der Waals surface area contributed by atoms with Crippen molar-refractivity contribution >= 4 is 33.2 Å². The van der Waals surface area contributed by atoms with E-state index in [4.69, 9.17) is 14.9 Å². The summed E-state index contributed by atoms with van der Waals surface area (Å²) in [7, 11) is 0. The molecule has 2 saturated heterocycles. The average Bonchev–Trinajstić information content (AvgIpc) is 3.25. The van der Waals surface area contributed by atoms with Crippen molar-refractivity contribution in [3.05, 3.63) is 35.5 Å². The van der Waals surface area contributed by atoms with Gasteiger partial charge in [0.05, 0.1) is 40.7 Å². The minimum atomic E-state index is -0.102. The van der Waals surface area contributed by atoms with Gasteiger partial charge in [-0.05, 0) is 31.3 Å². The fourth-order valence-electron chi connectivity index (χ4n) is 3.13. The molecule has 0 unspecified atom stereocenters. The highest BCUT2D eigenvalue weighted by molar-refractivity contribution is 7.17. The van der Waals surface area contributed by atoms with Crippen LogP contribution in [-0.2, 0) is 9.53 Å². The molecule has 0 spiro atoms. The third-order valence-corrected chi connectivity index (χ3v) is 5.77. The van der Waals surface area contributed by atoms with E-state index in [0.29, 0.717) is 37.9 Å². The van der Waals surface area contributed by atoms with Crippen LogP contribution in [0.4, 0.5) is 0 Å². The van der Waals surface area contributed by atoms with Gasteiger partial charge >= 0.3 is 0 Å². The number of carbonyl (C=O) groups is 1. The maximum atomic E-state index is 11.5. The average molecular weight is 386 g/mol. The Kier molecular flexibility index (Phi) is 5.09. The number of nitrogens with zero attached hydrogens (tertiary/aromatic N) is 1. The molecule has 0 bridgehead atoms. The number of hydrogen-bond acceptors (Lipinski definition) is 7. The molecule has 4 rings (SSSR count). The van der Waals surface area contributed by atoms with Crippen LogP contribution >= 0.6 is 11.3 Å². The summed E-state index contributed by atoms with van der Waals surface area (Å²) < 4.78 is 12.3. The zero-order chi connectivity index (χ0) is 18.8. The van der Waals surface area contributed by atoms with E-state index in [0.717, 1.165) is 21.5 Å². The van der Waals surface area contributed by atoms with Crippen LogP contribution in [0.2, 0.25) is 0 Å². The fourth-order valence-corrected chi connectivity index (χ4v) is 3.86. The largest absolute Gasteiger partial charge is 0.489 e. The number of thiazole rings is 1. The number of ether oxygens (including phenoxy) is 2. The number of amides is 1. The molecule has 27 heavy (non-hydrogen) atoms. The van der Waals surface area contributed by atoms with Gasteiger partial charge in [0.15, 0.2) is 0 Å². The second-order valence-electron chi connectivity index (χ2n) is 6.91. The van der Waals surface area contributed by atoms with E-state index in [9.17, 15) is 4.79 Å². The first-order valence-corrected chi connectivity index (χ1v) is 9.88. The Hall–Kier alpha value is -2.45. The van der Waals surface area contributed by atoms with E-state index in [1.165, 1.54) is 11.3 Å². The number of nitrogens with one attached hydrogen (secondary N) is 3. The van der Waals surface area contributed by atoms with Crippen LogP contribution in [-0.4, -0.2) is 48.5 Å². The topological polar surface area (TPSA) is 96.3 Å². The van der Waals surface area contributed by atoms with Crippen LogP contribution in [0.25, 0.3) is 10.2 Å². The molecular formula is C19H22N4O3S. The summed E-state index contributed by atoms with van der Waals surface area (Å²) in [6, 6.07) is 4.13. The zero-order valence-corrected chi connectivity index (χ0v) is 15.8. The van der Waals surface area contributed by atoms with Gasteiger partial charge in [0.2, 0.25) is 5.91 Å². The molecule has 1 amide bonds. The van der Waals surface area contributed by atoms with Gasteiger partial charge < -0.3 is 25.5 Å². The third-order valence-electron chi connectivity index (χ3n) is 4.91. The Morgan fingerprint density at radius 3 is 3.07 bits per heavy atom. The van der Waals surface area contributed by atoms with Crippen molar-refractivity contribution in [1.29, 1.82) is 5.41 Å². The number of carbonyl (C=O) groups excluding carboxylic acids is 1. The lowest BCUT2D eigenvalue weighted by molar-refractivity contribution is -0.119. The van der Waals surface area contributed by atoms with Crippen molar-refractivity contribution in [3.63, 3.8) is 0 Å². The number of rotatable bonds is 7. The minimum absolute atomic E-state index is 0.0726. The highest BCUT2D eigenvalue weighted by Crippen LogP contribution is 2.33. The number of aromatic nitrogens is 1. The third kappa shape index (κ3) is 3.96. The van der Waals surface area contributed by atoms with Gasteiger partial charge in [-0.3, -0.25) is 4.79 Å². The van der Waals surface area contributed by atoms with E-state index in [2.05, 4.69) is 15.6 Å². The molecule has 2 aliphatic heterocycles. The molecule has 2 atom stereocenters. The van der Waals surface area contributed by atoms with Gasteiger partial charge in [0, 0.05) is 24.4 Å². The van der Waals surface area contributed by atoms with E-state index in [1.54, 1.807) is 17.8 Å². The lowest BCUT2D eigenvalue weighted by Crippen LogP contribution is -2.43. The summed E-state index contributed by atoms with van der Waals surface area (Å²) in [5, 5.41) is 14.4. The molecule has 2 aromatic rings. The van der Waals surface area contributed by atoms with Crippen LogP contribution in [0.5, 0.6) is 5.75 Å². The summed E-state index contributed by atoms with van der Waals surface area (Å²) in [6.45, 7) is 4.04. The van der Waals surface area contributed by atoms with Gasteiger partial charge in [-0.25, -0.2) is 4.98 Å². The molecular weight excluding hydrogens is 364 g/mol. The molecule has 1 aromatic carbocycles. The second kappa shape index (κ2) is 7.66. The van der Waals surface area contributed by atoms with Gasteiger partial charge in [0.1, 0.15) is 11.9 Å². The Bertz CT molecular complexity index is 890. The number of benzene rings is 1. The van der Waals surface area contributed by atoms with E-state index >= 15 is 0 Å². The maximum Gasteiger partial charge on any atom is 0.220 e. The van der Waals surface area contributed by atoms with Gasteiger partial charge in [-0.2, -0.15) is 0 Å². The van der Waals surface area contributed by atoms with Crippen molar-refractivity contribution in [2.75, 3.05) is 19.8 Å². The highest BCUT2D eigenvalue weighted by Gasteiger charge is 2.28. The smallest absolute Gasteiger partial charge is 0.220 e. The molecule has 8 heteroatoms. The van der Waals surface area contributed by atoms with E-state index in [-0.39, 0.29) is 17.9 Å². The van der Waals surface area contributed by atoms with Crippen LogP contribution in [0.15, 0.2) is 29.9 Å². The predicted molar refractivity (Wildman–Crippen MR) is 105 cm³/mol. The Balaban J connectivity index is 1.52. The van der Waals surface area contributed by atoms with Crippen LogP contribution in [0, 0.1) is 11.3 Å². The number of hydrogen-bond donors (Lipinski definition) is 3. The first kappa shape index (κ1) is 17.9. The Labute approximate surface area is 161 Å². The standard InChI is InChI=1S/C19H22N4O3S/c1-11(13-6-18(24)22-7-13)26-17-5-12(4-16-19(17)27-10-23-16)15(20)2-3-21-14-8-25-9-14/h2-5,10-11,13-14,20-21H,6-9H2,1H3,(H,22,24)/b3-2-,20-15?/t11-,13-/m1/s1. The minimum Gasteiger partial charge on any atom is -0.489 e.